The lowest BCUT2D eigenvalue weighted by molar-refractivity contribution is -0.140. The van der Waals surface area contributed by atoms with E-state index in [0.717, 1.165) is 0 Å². The van der Waals surface area contributed by atoms with Gasteiger partial charge in [-0.2, -0.15) is 0 Å². The first-order valence-corrected chi connectivity index (χ1v) is 7.19. The molecule has 0 unspecified atom stereocenters. The molecule has 0 aromatic heterocycles. The average molecular weight is 261 g/mol. The van der Waals surface area contributed by atoms with E-state index < -0.39 is 0 Å². The Morgan fingerprint density at radius 3 is 2.72 bits per heavy atom. The lowest BCUT2D eigenvalue weighted by Crippen LogP contribution is -2.47. The van der Waals surface area contributed by atoms with Crippen molar-refractivity contribution in [2.24, 2.45) is 5.92 Å². The van der Waals surface area contributed by atoms with Gasteiger partial charge in [-0.05, 0) is 11.1 Å². The SMILES string of the molecule is C[C@H]1CSC(=O)[C@H]2Cc3ccccc3CN2C1=O. The number of hydrogen-bond donors (Lipinski definition) is 0. The molecule has 1 fully saturated rings. The van der Waals surface area contributed by atoms with Crippen molar-refractivity contribution < 1.29 is 9.59 Å². The van der Waals surface area contributed by atoms with Gasteiger partial charge in [-0.25, -0.2) is 0 Å². The van der Waals surface area contributed by atoms with Crippen molar-refractivity contribution in [3.63, 3.8) is 0 Å². The van der Waals surface area contributed by atoms with Crippen LogP contribution in [-0.4, -0.2) is 27.7 Å². The van der Waals surface area contributed by atoms with Crippen LogP contribution in [0.25, 0.3) is 0 Å². The predicted molar refractivity (Wildman–Crippen MR) is 71.1 cm³/mol. The molecule has 1 aromatic carbocycles. The maximum Gasteiger partial charge on any atom is 0.227 e. The maximum atomic E-state index is 12.3. The molecule has 2 aliphatic heterocycles. The van der Waals surface area contributed by atoms with Crippen LogP contribution in [0.2, 0.25) is 0 Å². The molecule has 18 heavy (non-hydrogen) atoms. The molecule has 2 atom stereocenters. The van der Waals surface area contributed by atoms with E-state index in [4.69, 9.17) is 0 Å². The number of benzene rings is 1. The number of thioether (sulfide) groups is 1. The molecule has 4 heteroatoms. The van der Waals surface area contributed by atoms with Gasteiger partial charge in [0.05, 0.1) is 0 Å². The summed E-state index contributed by atoms with van der Waals surface area (Å²) in [6.45, 7) is 2.49. The third kappa shape index (κ3) is 1.85. The summed E-state index contributed by atoms with van der Waals surface area (Å²) in [5, 5.41) is 0.141. The number of rotatable bonds is 0. The fraction of sp³-hybridized carbons (Fsp3) is 0.429. The Balaban J connectivity index is 2.00. The number of nitrogens with zero attached hydrogens (tertiary/aromatic N) is 1. The zero-order chi connectivity index (χ0) is 12.7. The predicted octanol–water partition coefficient (Wildman–Crippen LogP) is 1.85. The fourth-order valence-electron chi connectivity index (χ4n) is 2.62. The molecule has 3 nitrogen and oxygen atoms in total. The lowest BCUT2D eigenvalue weighted by Gasteiger charge is -2.35. The smallest absolute Gasteiger partial charge is 0.227 e. The molecule has 2 aliphatic rings. The van der Waals surface area contributed by atoms with Crippen LogP contribution < -0.4 is 0 Å². The zero-order valence-electron chi connectivity index (χ0n) is 10.3. The Morgan fingerprint density at radius 2 is 1.94 bits per heavy atom. The first-order chi connectivity index (χ1) is 8.66. The lowest BCUT2D eigenvalue weighted by atomic mass is 9.93. The highest BCUT2D eigenvalue weighted by molar-refractivity contribution is 8.13. The van der Waals surface area contributed by atoms with E-state index >= 15 is 0 Å². The monoisotopic (exact) mass is 261 g/mol. The third-order valence-corrected chi connectivity index (χ3v) is 4.92. The van der Waals surface area contributed by atoms with Crippen molar-refractivity contribution in [3.8, 4) is 0 Å². The second kappa shape index (κ2) is 4.43. The van der Waals surface area contributed by atoms with E-state index in [-0.39, 0.29) is 23.0 Å². The third-order valence-electron chi connectivity index (χ3n) is 3.70. The molecule has 0 radical (unpaired) electrons. The first kappa shape index (κ1) is 11.8. The molecule has 3 rings (SSSR count). The highest BCUT2D eigenvalue weighted by atomic mass is 32.2. The largest absolute Gasteiger partial charge is 0.327 e. The molecule has 1 amide bonds. The number of amides is 1. The zero-order valence-corrected chi connectivity index (χ0v) is 11.1. The summed E-state index contributed by atoms with van der Waals surface area (Å²) in [7, 11) is 0. The van der Waals surface area contributed by atoms with E-state index in [1.807, 2.05) is 25.1 Å². The van der Waals surface area contributed by atoms with Gasteiger partial charge in [-0.1, -0.05) is 43.0 Å². The van der Waals surface area contributed by atoms with Crippen molar-refractivity contribution in [2.75, 3.05) is 5.75 Å². The summed E-state index contributed by atoms with van der Waals surface area (Å²) in [4.78, 5) is 26.2. The summed E-state index contributed by atoms with van der Waals surface area (Å²) >= 11 is 1.31. The maximum absolute atomic E-state index is 12.3. The Kier molecular flexibility index (Phi) is 2.90. The van der Waals surface area contributed by atoms with Gasteiger partial charge in [0.15, 0.2) is 0 Å². The van der Waals surface area contributed by atoms with Crippen LogP contribution in [0.15, 0.2) is 24.3 Å². The Morgan fingerprint density at radius 1 is 1.22 bits per heavy atom. The summed E-state index contributed by atoms with van der Waals surface area (Å²) in [6, 6.07) is 7.83. The van der Waals surface area contributed by atoms with Crippen molar-refractivity contribution >= 4 is 22.8 Å². The number of hydrogen-bond acceptors (Lipinski definition) is 3. The van der Waals surface area contributed by atoms with Crippen LogP contribution in [0.1, 0.15) is 18.1 Å². The van der Waals surface area contributed by atoms with Crippen LogP contribution in [0.5, 0.6) is 0 Å². The van der Waals surface area contributed by atoms with Gasteiger partial charge in [0, 0.05) is 24.6 Å². The standard InChI is InChI=1S/C14H15NO2S/c1-9-8-18-14(17)12-6-10-4-2-3-5-11(10)7-15(12)13(9)16/h2-5,9,12H,6-8H2,1H3/t9-,12+/m0/s1. The summed E-state index contributed by atoms with van der Waals surface area (Å²) < 4.78 is 0. The van der Waals surface area contributed by atoms with Gasteiger partial charge in [0.2, 0.25) is 11.0 Å². The number of carbonyl (C=O) groups is 2. The van der Waals surface area contributed by atoms with Crippen molar-refractivity contribution in [2.45, 2.75) is 25.9 Å². The van der Waals surface area contributed by atoms with Gasteiger partial charge < -0.3 is 4.90 Å². The molecular formula is C14H15NO2S. The van der Waals surface area contributed by atoms with E-state index in [1.54, 1.807) is 4.90 Å². The summed E-state index contributed by atoms with van der Waals surface area (Å²) in [5.74, 6) is 0.670. The van der Waals surface area contributed by atoms with Crippen LogP contribution >= 0.6 is 11.8 Å². The highest BCUT2D eigenvalue weighted by Gasteiger charge is 2.39. The average Bonchev–Trinajstić information content (AvgIpc) is 2.50. The molecule has 1 aromatic rings. The first-order valence-electron chi connectivity index (χ1n) is 6.20. The Labute approximate surface area is 111 Å². The Hall–Kier alpha value is -1.29. The topological polar surface area (TPSA) is 37.4 Å². The fourth-order valence-corrected chi connectivity index (χ4v) is 3.58. The molecule has 0 aliphatic carbocycles. The van der Waals surface area contributed by atoms with Crippen molar-refractivity contribution in [3.05, 3.63) is 35.4 Å². The Bertz CT molecular complexity index is 514. The normalized spacial score (nSPS) is 27.5. The van der Waals surface area contributed by atoms with E-state index in [2.05, 4.69) is 6.07 Å². The molecule has 1 saturated heterocycles. The molecule has 0 spiro atoms. The summed E-state index contributed by atoms with van der Waals surface area (Å²) in [5.41, 5.74) is 2.38. The van der Waals surface area contributed by atoms with E-state index in [9.17, 15) is 9.59 Å². The molecule has 0 N–H and O–H groups in total. The molecular weight excluding hydrogens is 246 g/mol. The number of fused-ring (bicyclic) bond motifs is 2. The van der Waals surface area contributed by atoms with Crippen molar-refractivity contribution in [1.29, 1.82) is 0 Å². The van der Waals surface area contributed by atoms with Gasteiger partial charge in [0.25, 0.3) is 0 Å². The minimum Gasteiger partial charge on any atom is -0.327 e. The minimum absolute atomic E-state index is 0.0609. The highest BCUT2D eigenvalue weighted by Crippen LogP contribution is 2.31. The van der Waals surface area contributed by atoms with Crippen LogP contribution in [0.4, 0.5) is 0 Å². The van der Waals surface area contributed by atoms with Crippen LogP contribution in [0, 0.1) is 5.92 Å². The second-order valence-corrected chi connectivity index (χ2v) is 6.01. The van der Waals surface area contributed by atoms with E-state index in [1.165, 1.54) is 22.9 Å². The van der Waals surface area contributed by atoms with Crippen LogP contribution in [0.3, 0.4) is 0 Å². The van der Waals surface area contributed by atoms with Crippen LogP contribution in [-0.2, 0) is 22.6 Å². The second-order valence-electron chi connectivity index (χ2n) is 4.99. The summed E-state index contributed by atoms with van der Waals surface area (Å²) in [6.07, 6.45) is 0.667. The van der Waals surface area contributed by atoms with Gasteiger partial charge >= 0.3 is 0 Å². The number of carbonyl (C=O) groups excluding carboxylic acids is 2. The van der Waals surface area contributed by atoms with E-state index in [0.29, 0.717) is 18.7 Å². The molecule has 94 valence electrons. The van der Waals surface area contributed by atoms with Gasteiger partial charge in [-0.15, -0.1) is 0 Å². The molecule has 0 bridgehead atoms. The molecule has 2 heterocycles. The van der Waals surface area contributed by atoms with Crippen molar-refractivity contribution in [1.82, 2.24) is 4.90 Å². The quantitative estimate of drug-likeness (QED) is 0.715. The minimum atomic E-state index is -0.262. The van der Waals surface area contributed by atoms with Gasteiger partial charge in [-0.3, -0.25) is 9.59 Å². The molecule has 0 saturated carbocycles. The van der Waals surface area contributed by atoms with Gasteiger partial charge in [0.1, 0.15) is 6.04 Å².